The molecular formula is C13H13FO6. The zero-order chi connectivity index (χ0) is 15.1. The largest absolute Gasteiger partial charge is 0.490 e. The number of ether oxygens (including phenoxy) is 2. The predicted octanol–water partition coefficient (Wildman–Crippen LogP) is 1.18. The molecular weight excluding hydrogens is 271 g/mol. The first-order valence-electron chi connectivity index (χ1n) is 5.72. The molecule has 0 saturated carbocycles. The minimum atomic E-state index is -1.66. The van der Waals surface area contributed by atoms with Crippen LogP contribution in [-0.4, -0.2) is 35.5 Å². The van der Waals surface area contributed by atoms with Crippen LogP contribution in [0.5, 0.6) is 5.75 Å². The number of ketones is 1. The Hall–Kier alpha value is -2.44. The number of aliphatic carboxylic acids is 1. The standard InChI is InChI=1S/C13H13FO6/c1-8(20-10-4-2-9(14)3-5-10)6-12(16)19-7-11(15)13(17)18/h2-5,8H,6-7H2,1H3,(H,17,18). The number of benzene rings is 1. The lowest BCUT2D eigenvalue weighted by Gasteiger charge is -2.13. The maximum atomic E-state index is 12.7. The lowest BCUT2D eigenvalue weighted by atomic mass is 10.2. The minimum absolute atomic E-state index is 0.162. The minimum Gasteiger partial charge on any atom is -0.490 e. The first-order chi connectivity index (χ1) is 9.38. The molecule has 0 heterocycles. The van der Waals surface area contributed by atoms with Crippen molar-refractivity contribution in [2.75, 3.05) is 6.61 Å². The number of carboxylic acid groups (broad SMARTS) is 1. The topological polar surface area (TPSA) is 89.9 Å². The fourth-order valence-corrected chi connectivity index (χ4v) is 1.29. The number of hydrogen-bond donors (Lipinski definition) is 1. The predicted molar refractivity (Wildman–Crippen MR) is 64.7 cm³/mol. The van der Waals surface area contributed by atoms with Gasteiger partial charge in [-0.15, -0.1) is 0 Å². The lowest BCUT2D eigenvalue weighted by molar-refractivity contribution is -0.156. The van der Waals surface area contributed by atoms with Crippen molar-refractivity contribution in [2.24, 2.45) is 0 Å². The van der Waals surface area contributed by atoms with Gasteiger partial charge in [-0.3, -0.25) is 9.59 Å². The quantitative estimate of drug-likeness (QED) is 0.597. The highest BCUT2D eigenvalue weighted by Crippen LogP contribution is 2.14. The Morgan fingerprint density at radius 2 is 1.85 bits per heavy atom. The normalized spacial score (nSPS) is 11.5. The van der Waals surface area contributed by atoms with Crippen molar-refractivity contribution in [1.29, 1.82) is 0 Å². The summed E-state index contributed by atoms with van der Waals surface area (Å²) in [6, 6.07) is 5.24. The number of halogens is 1. The second-order valence-corrected chi connectivity index (χ2v) is 3.98. The van der Waals surface area contributed by atoms with E-state index in [0.717, 1.165) is 0 Å². The number of esters is 1. The van der Waals surface area contributed by atoms with Crippen LogP contribution in [0.3, 0.4) is 0 Å². The van der Waals surface area contributed by atoms with Crippen LogP contribution in [-0.2, 0) is 19.1 Å². The summed E-state index contributed by atoms with van der Waals surface area (Å²) < 4.78 is 22.5. The van der Waals surface area contributed by atoms with Gasteiger partial charge in [0, 0.05) is 0 Å². The molecule has 0 radical (unpaired) electrons. The van der Waals surface area contributed by atoms with E-state index in [1.54, 1.807) is 6.92 Å². The van der Waals surface area contributed by atoms with Gasteiger partial charge in [-0.2, -0.15) is 0 Å². The van der Waals surface area contributed by atoms with Gasteiger partial charge in [-0.1, -0.05) is 0 Å². The Labute approximate surface area is 114 Å². The van der Waals surface area contributed by atoms with Crippen molar-refractivity contribution in [1.82, 2.24) is 0 Å². The number of Topliss-reactive ketones (excluding diaryl/α,β-unsaturated/α-hetero) is 1. The van der Waals surface area contributed by atoms with Crippen LogP contribution < -0.4 is 4.74 Å². The van der Waals surface area contributed by atoms with Crippen LogP contribution in [0.1, 0.15) is 13.3 Å². The summed E-state index contributed by atoms with van der Waals surface area (Å²) in [7, 11) is 0. The zero-order valence-electron chi connectivity index (χ0n) is 10.7. The third kappa shape index (κ3) is 5.47. The molecule has 1 unspecified atom stereocenters. The van der Waals surface area contributed by atoms with Gasteiger partial charge in [0.15, 0.2) is 6.61 Å². The molecule has 0 amide bonds. The zero-order valence-corrected chi connectivity index (χ0v) is 10.7. The Kier molecular flexibility index (Phi) is 5.64. The molecule has 1 aromatic rings. The summed E-state index contributed by atoms with van der Waals surface area (Å²) in [4.78, 5) is 32.2. The van der Waals surface area contributed by atoms with Crippen molar-refractivity contribution >= 4 is 17.7 Å². The maximum absolute atomic E-state index is 12.7. The fraction of sp³-hybridized carbons (Fsp3) is 0.308. The molecule has 20 heavy (non-hydrogen) atoms. The summed E-state index contributed by atoms with van der Waals surface area (Å²) >= 11 is 0. The molecule has 1 atom stereocenters. The van der Waals surface area contributed by atoms with Gasteiger partial charge in [-0.25, -0.2) is 9.18 Å². The van der Waals surface area contributed by atoms with Crippen molar-refractivity contribution < 1.29 is 33.4 Å². The van der Waals surface area contributed by atoms with Crippen LogP contribution in [0.15, 0.2) is 24.3 Å². The summed E-state index contributed by atoms with van der Waals surface area (Å²) in [6.45, 7) is 0.779. The number of carboxylic acids is 1. The van der Waals surface area contributed by atoms with Gasteiger partial charge in [0.2, 0.25) is 0 Å². The van der Waals surface area contributed by atoms with Gasteiger partial charge in [0.1, 0.15) is 17.7 Å². The van der Waals surface area contributed by atoms with Crippen LogP contribution in [0.4, 0.5) is 4.39 Å². The van der Waals surface area contributed by atoms with Gasteiger partial charge in [0.25, 0.3) is 5.78 Å². The van der Waals surface area contributed by atoms with Crippen molar-refractivity contribution in [3.63, 3.8) is 0 Å². The molecule has 0 bridgehead atoms. The first-order valence-corrected chi connectivity index (χ1v) is 5.72. The number of carbonyl (C=O) groups is 3. The van der Waals surface area contributed by atoms with Crippen LogP contribution in [0, 0.1) is 5.82 Å². The highest BCUT2D eigenvalue weighted by molar-refractivity contribution is 6.33. The third-order valence-corrected chi connectivity index (χ3v) is 2.21. The van der Waals surface area contributed by atoms with Gasteiger partial charge in [-0.05, 0) is 31.2 Å². The van der Waals surface area contributed by atoms with E-state index < -0.39 is 36.2 Å². The van der Waals surface area contributed by atoms with Crippen LogP contribution in [0.25, 0.3) is 0 Å². The van der Waals surface area contributed by atoms with E-state index in [2.05, 4.69) is 4.74 Å². The highest BCUT2D eigenvalue weighted by atomic mass is 19.1. The number of rotatable bonds is 7. The lowest BCUT2D eigenvalue weighted by Crippen LogP contribution is -2.24. The van der Waals surface area contributed by atoms with Crippen LogP contribution in [0.2, 0.25) is 0 Å². The molecule has 108 valence electrons. The summed E-state index contributed by atoms with van der Waals surface area (Å²) in [6.07, 6.45) is -0.725. The Morgan fingerprint density at radius 1 is 1.25 bits per heavy atom. The molecule has 0 aliphatic rings. The summed E-state index contributed by atoms with van der Waals surface area (Å²) in [5.74, 6) is -3.64. The third-order valence-electron chi connectivity index (χ3n) is 2.21. The van der Waals surface area contributed by atoms with Gasteiger partial charge < -0.3 is 14.6 Å². The molecule has 0 aromatic heterocycles. The maximum Gasteiger partial charge on any atom is 0.375 e. The van der Waals surface area contributed by atoms with E-state index in [9.17, 15) is 18.8 Å². The summed E-state index contributed by atoms with van der Waals surface area (Å²) in [5, 5.41) is 8.30. The molecule has 1 aromatic carbocycles. The Balaban J connectivity index is 2.36. The van der Waals surface area contributed by atoms with Crippen molar-refractivity contribution in [3.8, 4) is 5.75 Å². The SMILES string of the molecule is CC(CC(=O)OCC(=O)C(=O)O)Oc1ccc(F)cc1. The molecule has 0 aliphatic carbocycles. The van der Waals surface area contributed by atoms with Crippen LogP contribution >= 0.6 is 0 Å². The van der Waals surface area contributed by atoms with E-state index in [0.29, 0.717) is 5.75 Å². The van der Waals surface area contributed by atoms with Gasteiger partial charge in [0.05, 0.1) is 6.42 Å². The molecule has 0 fully saturated rings. The second-order valence-electron chi connectivity index (χ2n) is 3.98. The number of hydrogen-bond acceptors (Lipinski definition) is 5. The van der Waals surface area contributed by atoms with E-state index in [1.807, 2.05) is 0 Å². The summed E-state index contributed by atoms with van der Waals surface area (Å²) in [5.41, 5.74) is 0. The molecule has 0 saturated heterocycles. The highest BCUT2D eigenvalue weighted by Gasteiger charge is 2.16. The van der Waals surface area contributed by atoms with E-state index in [-0.39, 0.29) is 6.42 Å². The van der Waals surface area contributed by atoms with Gasteiger partial charge >= 0.3 is 11.9 Å². The van der Waals surface area contributed by atoms with E-state index in [4.69, 9.17) is 9.84 Å². The molecule has 1 N–H and O–H groups in total. The fourth-order valence-electron chi connectivity index (χ4n) is 1.29. The average Bonchev–Trinajstić information content (AvgIpc) is 2.38. The smallest absolute Gasteiger partial charge is 0.375 e. The van der Waals surface area contributed by atoms with Crippen molar-refractivity contribution in [2.45, 2.75) is 19.4 Å². The molecule has 0 spiro atoms. The van der Waals surface area contributed by atoms with E-state index >= 15 is 0 Å². The molecule has 7 heteroatoms. The average molecular weight is 284 g/mol. The van der Waals surface area contributed by atoms with E-state index in [1.165, 1.54) is 24.3 Å². The monoisotopic (exact) mass is 284 g/mol. The molecule has 6 nitrogen and oxygen atoms in total. The Bertz CT molecular complexity index is 496. The second kappa shape index (κ2) is 7.22. The molecule has 1 rings (SSSR count). The Morgan fingerprint density at radius 3 is 2.40 bits per heavy atom. The first kappa shape index (κ1) is 15.6. The number of carbonyl (C=O) groups excluding carboxylic acids is 2. The molecule has 0 aliphatic heterocycles. The van der Waals surface area contributed by atoms with Crippen molar-refractivity contribution in [3.05, 3.63) is 30.1 Å².